The van der Waals surface area contributed by atoms with Gasteiger partial charge in [-0.3, -0.25) is 0 Å². The minimum atomic E-state index is 0.571. The third kappa shape index (κ3) is 3.56. The lowest BCUT2D eigenvalue weighted by molar-refractivity contribution is 0.240. The molecular formula is C12H17BrClNO. The maximum Gasteiger partial charge on any atom is 0.156 e. The molecule has 0 bridgehead atoms. The summed E-state index contributed by atoms with van der Waals surface area (Å²) in [4.78, 5) is 0. The van der Waals surface area contributed by atoms with E-state index in [2.05, 4.69) is 29.8 Å². The molecule has 0 amide bonds. The Morgan fingerprint density at radius 3 is 2.50 bits per heavy atom. The van der Waals surface area contributed by atoms with Gasteiger partial charge in [0.2, 0.25) is 0 Å². The van der Waals surface area contributed by atoms with E-state index in [0.717, 1.165) is 17.3 Å². The monoisotopic (exact) mass is 305 g/mol. The van der Waals surface area contributed by atoms with Gasteiger partial charge in [0.05, 0.1) is 16.8 Å². The summed E-state index contributed by atoms with van der Waals surface area (Å²) >= 11 is 9.28. The molecule has 0 saturated heterocycles. The fourth-order valence-corrected chi connectivity index (χ4v) is 2.41. The molecular weight excluding hydrogens is 289 g/mol. The Morgan fingerprint density at radius 1 is 1.38 bits per heavy atom. The van der Waals surface area contributed by atoms with Gasteiger partial charge in [-0.15, -0.1) is 0 Å². The minimum Gasteiger partial charge on any atom is -0.490 e. The first-order chi connectivity index (χ1) is 7.58. The van der Waals surface area contributed by atoms with Crippen molar-refractivity contribution in [2.45, 2.75) is 26.7 Å². The normalized spacial score (nSPS) is 10.8. The van der Waals surface area contributed by atoms with Crippen LogP contribution in [0.3, 0.4) is 0 Å². The molecule has 0 fully saturated rings. The van der Waals surface area contributed by atoms with Crippen molar-refractivity contribution in [1.29, 1.82) is 0 Å². The first-order valence-corrected chi connectivity index (χ1v) is 6.62. The summed E-state index contributed by atoms with van der Waals surface area (Å²) in [5.74, 6) is 1.26. The number of benzene rings is 1. The molecule has 4 heteroatoms. The molecule has 0 spiro atoms. The predicted octanol–water partition coefficient (Wildman–Crippen LogP) is 4.50. The number of hydrogen-bond acceptors (Lipinski definition) is 2. The lowest BCUT2D eigenvalue weighted by Crippen LogP contribution is -2.11. The maximum atomic E-state index is 5.87. The van der Waals surface area contributed by atoms with E-state index in [1.54, 1.807) is 12.1 Å². The summed E-state index contributed by atoms with van der Waals surface area (Å²) < 4.78 is 6.54. The average Bonchev–Trinajstić information content (AvgIpc) is 2.22. The highest BCUT2D eigenvalue weighted by atomic mass is 79.9. The van der Waals surface area contributed by atoms with E-state index in [0.29, 0.717) is 29.0 Å². The first-order valence-electron chi connectivity index (χ1n) is 5.45. The lowest BCUT2D eigenvalue weighted by atomic mass is 10.1. The number of anilines is 1. The number of ether oxygens (including phenoxy) is 1. The molecule has 0 aromatic heterocycles. The standard InChI is InChI=1S/C12H17BrClNO/c1-3-8(4-2)7-16-12-10(13)5-9(14)6-11(12)15/h5-6,8H,3-4,7,15H2,1-2H3. The predicted molar refractivity (Wildman–Crippen MR) is 73.1 cm³/mol. The molecule has 1 rings (SSSR count). The van der Waals surface area contributed by atoms with Crippen molar-refractivity contribution in [3.8, 4) is 5.75 Å². The molecule has 0 aliphatic carbocycles. The van der Waals surface area contributed by atoms with Crippen molar-refractivity contribution >= 4 is 33.2 Å². The quantitative estimate of drug-likeness (QED) is 0.813. The topological polar surface area (TPSA) is 35.2 Å². The summed E-state index contributed by atoms with van der Waals surface area (Å²) in [6.07, 6.45) is 2.23. The molecule has 2 nitrogen and oxygen atoms in total. The van der Waals surface area contributed by atoms with Crippen molar-refractivity contribution in [3.05, 3.63) is 21.6 Å². The van der Waals surface area contributed by atoms with E-state index in [-0.39, 0.29) is 0 Å². The Bertz CT molecular complexity index is 330. The zero-order chi connectivity index (χ0) is 12.1. The Hall–Kier alpha value is -0.410. The van der Waals surface area contributed by atoms with E-state index >= 15 is 0 Å². The summed E-state index contributed by atoms with van der Waals surface area (Å²) in [6.45, 7) is 5.02. The number of halogens is 2. The highest BCUT2D eigenvalue weighted by molar-refractivity contribution is 9.10. The van der Waals surface area contributed by atoms with Gasteiger partial charge in [-0.25, -0.2) is 0 Å². The van der Waals surface area contributed by atoms with Crippen molar-refractivity contribution in [2.75, 3.05) is 12.3 Å². The molecule has 0 heterocycles. The van der Waals surface area contributed by atoms with Gasteiger partial charge in [0.25, 0.3) is 0 Å². The second kappa shape index (κ2) is 6.36. The van der Waals surface area contributed by atoms with E-state index in [4.69, 9.17) is 22.1 Å². The molecule has 0 atom stereocenters. The van der Waals surface area contributed by atoms with Crippen LogP contribution < -0.4 is 10.5 Å². The zero-order valence-corrected chi connectivity index (χ0v) is 11.9. The van der Waals surface area contributed by atoms with E-state index in [1.807, 2.05) is 0 Å². The first kappa shape index (κ1) is 13.7. The van der Waals surface area contributed by atoms with Crippen LogP contribution in [0.2, 0.25) is 5.02 Å². The molecule has 0 aliphatic rings. The lowest BCUT2D eigenvalue weighted by Gasteiger charge is -2.16. The van der Waals surface area contributed by atoms with Crippen LogP contribution >= 0.6 is 27.5 Å². The molecule has 1 aromatic rings. The van der Waals surface area contributed by atoms with Crippen LogP contribution in [0.4, 0.5) is 5.69 Å². The Kier molecular flexibility index (Phi) is 5.42. The molecule has 0 aliphatic heterocycles. The van der Waals surface area contributed by atoms with Crippen LogP contribution in [-0.2, 0) is 0 Å². The fourth-order valence-electron chi connectivity index (χ4n) is 1.46. The number of rotatable bonds is 5. The summed E-state index contributed by atoms with van der Waals surface area (Å²) in [5, 5.41) is 0.610. The van der Waals surface area contributed by atoms with Crippen LogP contribution in [0.5, 0.6) is 5.75 Å². The Balaban J connectivity index is 2.74. The number of hydrogen-bond donors (Lipinski definition) is 1. The van der Waals surface area contributed by atoms with E-state index in [1.165, 1.54) is 0 Å². The molecule has 0 saturated carbocycles. The second-order valence-electron chi connectivity index (χ2n) is 3.80. The van der Waals surface area contributed by atoms with E-state index < -0.39 is 0 Å². The van der Waals surface area contributed by atoms with Crippen molar-refractivity contribution < 1.29 is 4.74 Å². The maximum absolute atomic E-state index is 5.87. The number of nitrogens with two attached hydrogens (primary N) is 1. The molecule has 1 aromatic carbocycles. The smallest absolute Gasteiger partial charge is 0.156 e. The Labute approximate surface area is 110 Å². The van der Waals surface area contributed by atoms with Gasteiger partial charge in [-0.2, -0.15) is 0 Å². The molecule has 0 unspecified atom stereocenters. The van der Waals surface area contributed by atoms with Gasteiger partial charge in [0, 0.05) is 5.02 Å². The van der Waals surface area contributed by atoms with Crippen LogP contribution in [0.1, 0.15) is 26.7 Å². The van der Waals surface area contributed by atoms with Crippen molar-refractivity contribution in [3.63, 3.8) is 0 Å². The van der Waals surface area contributed by atoms with Gasteiger partial charge in [-0.05, 0) is 34.0 Å². The second-order valence-corrected chi connectivity index (χ2v) is 5.09. The molecule has 0 radical (unpaired) electrons. The van der Waals surface area contributed by atoms with Crippen molar-refractivity contribution in [2.24, 2.45) is 5.92 Å². The van der Waals surface area contributed by atoms with Gasteiger partial charge in [0.1, 0.15) is 0 Å². The largest absolute Gasteiger partial charge is 0.490 e. The summed E-state index contributed by atoms with van der Waals surface area (Å²) in [7, 11) is 0. The SMILES string of the molecule is CCC(CC)COc1c(N)cc(Cl)cc1Br. The highest BCUT2D eigenvalue weighted by Gasteiger charge is 2.10. The zero-order valence-electron chi connectivity index (χ0n) is 9.59. The molecule has 16 heavy (non-hydrogen) atoms. The average molecular weight is 307 g/mol. The van der Waals surface area contributed by atoms with Crippen LogP contribution in [0.25, 0.3) is 0 Å². The third-order valence-electron chi connectivity index (χ3n) is 2.66. The van der Waals surface area contributed by atoms with Crippen molar-refractivity contribution in [1.82, 2.24) is 0 Å². The van der Waals surface area contributed by atoms with Gasteiger partial charge < -0.3 is 10.5 Å². The fraction of sp³-hybridized carbons (Fsp3) is 0.500. The van der Waals surface area contributed by atoms with Crippen LogP contribution in [0.15, 0.2) is 16.6 Å². The molecule has 2 N–H and O–H groups in total. The summed E-state index contributed by atoms with van der Waals surface area (Å²) in [6, 6.07) is 3.49. The van der Waals surface area contributed by atoms with Gasteiger partial charge >= 0.3 is 0 Å². The Morgan fingerprint density at radius 2 is 2.00 bits per heavy atom. The van der Waals surface area contributed by atoms with Crippen LogP contribution in [0, 0.1) is 5.92 Å². The molecule has 90 valence electrons. The van der Waals surface area contributed by atoms with Gasteiger partial charge in [0.15, 0.2) is 5.75 Å². The number of nitrogen functional groups attached to an aromatic ring is 1. The van der Waals surface area contributed by atoms with Gasteiger partial charge in [-0.1, -0.05) is 38.3 Å². The van der Waals surface area contributed by atoms with Crippen LogP contribution in [-0.4, -0.2) is 6.61 Å². The highest BCUT2D eigenvalue weighted by Crippen LogP contribution is 2.35. The summed E-state index contributed by atoms with van der Waals surface area (Å²) in [5.41, 5.74) is 6.43. The van der Waals surface area contributed by atoms with E-state index in [9.17, 15) is 0 Å². The third-order valence-corrected chi connectivity index (χ3v) is 3.46. The minimum absolute atomic E-state index is 0.571.